The second-order valence-corrected chi connectivity index (χ2v) is 7.49. The Morgan fingerprint density at radius 1 is 0.957 bits per heavy atom. The van der Waals surface area contributed by atoms with Gasteiger partial charge in [0.05, 0.1) is 15.5 Å². The molecule has 0 atom stereocenters. The Hall–Kier alpha value is -2.33. The Labute approximate surface area is 136 Å². The van der Waals surface area contributed by atoms with Crippen LogP contribution in [0.5, 0.6) is 0 Å². The molecule has 0 aliphatic carbocycles. The van der Waals surface area contributed by atoms with E-state index in [9.17, 15) is 8.42 Å². The van der Waals surface area contributed by atoms with Crippen molar-refractivity contribution in [3.05, 3.63) is 71.9 Å². The lowest BCUT2D eigenvalue weighted by molar-refractivity contribution is 0.596. The third-order valence-electron chi connectivity index (χ3n) is 3.90. The van der Waals surface area contributed by atoms with Crippen LogP contribution in [0.25, 0.3) is 11.3 Å². The van der Waals surface area contributed by atoms with Gasteiger partial charge in [0, 0.05) is 5.69 Å². The Bertz CT molecular complexity index is 908. The molecule has 23 heavy (non-hydrogen) atoms. The van der Waals surface area contributed by atoms with Crippen LogP contribution in [0.15, 0.2) is 70.5 Å². The highest BCUT2D eigenvalue weighted by atomic mass is 32.2. The first-order valence-corrected chi connectivity index (χ1v) is 9.09. The summed E-state index contributed by atoms with van der Waals surface area (Å²) in [7, 11) is -3.56. The van der Waals surface area contributed by atoms with Crippen molar-refractivity contribution < 1.29 is 8.42 Å². The summed E-state index contributed by atoms with van der Waals surface area (Å²) in [6, 6.07) is 18.3. The second kappa shape index (κ2) is 6.05. The van der Waals surface area contributed by atoms with Crippen molar-refractivity contribution in [1.82, 2.24) is 4.98 Å². The molecule has 0 fully saturated rings. The van der Waals surface area contributed by atoms with Gasteiger partial charge in [-0.2, -0.15) is 0 Å². The molecule has 118 valence electrons. The van der Waals surface area contributed by atoms with Crippen molar-refractivity contribution >= 4 is 9.84 Å². The van der Waals surface area contributed by atoms with Crippen LogP contribution < -0.4 is 0 Å². The number of hydrogen-bond acceptors (Lipinski definition) is 2. The van der Waals surface area contributed by atoms with Crippen molar-refractivity contribution in [2.24, 2.45) is 0 Å². The highest BCUT2D eigenvalue weighted by Gasteiger charge is 2.24. The smallest absolute Gasteiger partial charge is 0.208 e. The molecule has 1 N–H and O–H groups in total. The minimum Gasteiger partial charge on any atom is -0.357 e. The molecule has 0 aliphatic rings. The number of nitrogens with one attached hydrogen (secondary N) is 1. The quantitative estimate of drug-likeness (QED) is 0.773. The molecule has 0 radical (unpaired) electrons. The van der Waals surface area contributed by atoms with E-state index in [1.807, 2.05) is 56.3 Å². The molecule has 0 amide bonds. The van der Waals surface area contributed by atoms with Crippen LogP contribution in [-0.2, 0) is 16.3 Å². The molecule has 4 heteroatoms. The number of aryl methyl sites for hydroxylation is 2. The molecule has 1 heterocycles. The molecule has 0 saturated carbocycles. The van der Waals surface area contributed by atoms with Gasteiger partial charge in [0.25, 0.3) is 0 Å². The van der Waals surface area contributed by atoms with Crippen LogP contribution >= 0.6 is 0 Å². The zero-order valence-electron chi connectivity index (χ0n) is 13.2. The van der Waals surface area contributed by atoms with E-state index >= 15 is 0 Å². The van der Waals surface area contributed by atoms with Crippen molar-refractivity contribution in [2.45, 2.75) is 30.1 Å². The molecule has 0 spiro atoms. The fourth-order valence-electron chi connectivity index (χ4n) is 2.55. The van der Waals surface area contributed by atoms with E-state index in [4.69, 9.17) is 0 Å². The van der Waals surface area contributed by atoms with E-state index in [0.29, 0.717) is 15.5 Å². The van der Waals surface area contributed by atoms with E-state index in [2.05, 4.69) is 4.98 Å². The maximum Gasteiger partial charge on any atom is 0.208 e. The van der Waals surface area contributed by atoms with E-state index in [1.165, 1.54) is 0 Å². The molecule has 3 rings (SSSR count). The van der Waals surface area contributed by atoms with Crippen molar-refractivity contribution in [1.29, 1.82) is 0 Å². The summed E-state index contributed by atoms with van der Waals surface area (Å²) in [5, 5.41) is 0. The largest absolute Gasteiger partial charge is 0.357 e. The van der Waals surface area contributed by atoms with Crippen molar-refractivity contribution in [2.75, 3.05) is 0 Å². The molecule has 0 unspecified atom stereocenters. The Kier molecular flexibility index (Phi) is 4.09. The summed E-state index contributed by atoms with van der Waals surface area (Å²) in [5.41, 5.74) is 3.48. The van der Waals surface area contributed by atoms with Gasteiger partial charge in [-0.05, 0) is 37.1 Å². The topological polar surface area (TPSA) is 49.9 Å². The molecule has 3 nitrogen and oxygen atoms in total. The number of aromatic nitrogens is 1. The summed E-state index contributed by atoms with van der Waals surface area (Å²) in [6.45, 7) is 3.94. The highest BCUT2D eigenvalue weighted by Crippen LogP contribution is 2.32. The third kappa shape index (κ3) is 2.94. The van der Waals surface area contributed by atoms with Crippen molar-refractivity contribution in [3.8, 4) is 11.3 Å². The predicted molar refractivity (Wildman–Crippen MR) is 92.2 cm³/mol. The Morgan fingerprint density at radius 2 is 1.61 bits per heavy atom. The standard InChI is InChI=1S/C19H19NO2S/c1-3-16-13-18(19(20-16)15-7-5-4-6-8-15)23(21,22)17-11-9-14(2)10-12-17/h4-13,20H,3H2,1-2H3. The van der Waals surface area contributed by atoms with Crippen molar-refractivity contribution in [3.63, 3.8) is 0 Å². The molecular weight excluding hydrogens is 306 g/mol. The summed E-state index contributed by atoms with van der Waals surface area (Å²) in [6.07, 6.45) is 0.753. The van der Waals surface area contributed by atoms with Gasteiger partial charge < -0.3 is 4.98 Å². The minimum absolute atomic E-state index is 0.321. The second-order valence-electron chi connectivity index (χ2n) is 5.57. The third-order valence-corrected chi connectivity index (χ3v) is 5.70. The molecular formula is C19H19NO2S. The Balaban J connectivity index is 2.19. The lowest BCUT2D eigenvalue weighted by atomic mass is 10.2. The molecule has 1 aromatic heterocycles. The number of hydrogen-bond donors (Lipinski definition) is 1. The average molecular weight is 325 g/mol. The van der Waals surface area contributed by atoms with Crippen LogP contribution in [0.1, 0.15) is 18.2 Å². The van der Waals surface area contributed by atoms with E-state index in [0.717, 1.165) is 23.2 Å². The fourth-order valence-corrected chi connectivity index (χ4v) is 4.04. The van der Waals surface area contributed by atoms with Crippen LogP contribution in [0.2, 0.25) is 0 Å². The zero-order chi connectivity index (χ0) is 16.4. The number of benzene rings is 2. The number of sulfone groups is 1. The van der Waals surface area contributed by atoms with E-state index in [1.54, 1.807) is 18.2 Å². The number of H-pyrrole nitrogens is 1. The predicted octanol–water partition coefficient (Wildman–Crippen LogP) is 4.39. The monoisotopic (exact) mass is 325 g/mol. The van der Waals surface area contributed by atoms with Gasteiger partial charge in [0.2, 0.25) is 9.84 Å². The lowest BCUT2D eigenvalue weighted by Crippen LogP contribution is -2.02. The first-order chi connectivity index (χ1) is 11.0. The first kappa shape index (κ1) is 15.6. The fraction of sp³-hybridized carbons (Fsp3) is 0.158. The minimum atomic E-state index is -3.56. The Morgan fingerprint density at radius 3 is 2.22 bits per heavy atom. The van der Waals surface area contributed by atoms with Gasteiger partial charge >= 0.3 is 0 Å². The van der Waals surface area contributed by atoms with E-state index in [-0.39, 0.29) is 0 Å². The first-order valence-electron chi connectivity index (χ1n) is 7.61. The van der Waals surface area contributed by atoms with Gasteiger partial charge in [-0.15, -0.1) is 0 Å². The molecule has 0 saturated heterocycles. The van der Waals surface area contributed by atoms with Gasteiger partial charge in [0.1, 0.15) is 0 Å². The SMILES string of the molecule is CCc1cc(S(=O)(=O)c2ccc(C)cc2)c(-c2ccccc2)[nH]1. The maximum absolute atomic E-state index is 13.0. The van der Waals surface area contributed by atoms with Crippen LogP contribution in [0.4, 0.5) is 0 Å². The van der Waals surface area contributed by atoms with Crippen LogP contribution in [0.3, 0.4) is 0 Å². The van der Waals surface area contributed by atoms with E-state index < -0.39 is 9.84 Å². The van der Waals surface area contributed by atoms with Gasteiger partial charge in [-0.25, -0.2) is 8.42 Å². The van der Waals surface area contributed by atoms with Crippen LogP contribution in [-0.4, -0.2) is 13.4 Å². The summed E-state index contributed by atoms with van der Waals surface area (Å²) < 4.78 is 26.1. The molecule has 0 aliphatic heterocycles. The molecule has 0 bridgehead atoms. The van der Waals surface area contributed by atoms with Gasteiger partial charge in [-0.3, -0.25) is 0 Å². The zero-order valence-corrected chi connectivity index (χ0v) is 14.0. The normalized spacial score (nSPS) is 11.6. The highest BCUT2D eigenvalue weighted by molar-refractivity contribution is 7.91. The van der Waals surface area contributed by atoms with Gasteiger partial charge in [0.15, 0.2) is 0 Å². The average Bonchev–Trinajstić information content (AvgIpc) is 3.01. The number of rotatable bonds is 4. The molecule has 2 aromatic carbocycles. The molecule has 3 aromatic rings. The summed E-state index contributed by atoms with van der Waals surface area (Å²) in [5.74, 6) is 0. The lowest BCUT2D eigenvalue weighted by Gasteiger charge is -2.07. The summed E-state index contributed by atoms with van der Waals surface area (Å²) >= 11 is 0. The maximum atomic E-state index is 13.0. The number of aromatic amines is 1. The van der Waals surface area contributed by atoms with Gasteiger partial charge in [-0.1, -0.05) is 55.0 Å². The summed E-state index contributed by atoms with van der Waals surface area (Å²) in [4.78, 5) is 3.91. The van der Waals surface area contributed by atoms with Crippen LogP contribution in [0, 0.1) is 6.92 Å².